The number of hydrogen-bond acceptors (Lipinski definition) is 3. The minimum Gasteiger partial charge on any atom is -0.445 e. The molecule has 0 bridgehead atoms. The molecular formula is C17H15Cl3FN3O2S. The van der Waals surface area contributed by atoms with Gasteiger partial charge in [0.25, 0.3) is 0 Å². The summed E-state index contributed by atoms with van der Waals surface area (Å²) in [5.74, 6) is -0.388. The van der Waals surface area contributed by atoms with Gasteiger partial charge in [0, 0.05) is 5.69 Å². The van der Waals surface area contributed by atoms with Gasteiger partial charge in [-0.05, 0) is 42.0 Å². The van der Waals surface area contributed by atoms with Crippen LogP contribution in [0.1, 0.15) is 5.56 Å². The smallest absolute Gasteiger partial charge is 0.409 e. The van der Waals surface area contributed by atoms with E-state index in [4.69, 9.17) is 51.8 Å². The highest BCUT2D eigenvalue weighted by Crippen LogP contribution is 2.29. The average Bonchev–Trinajstić information content (AvgIpc) is 2.61. The van der Waals surface area contributed by atoms with Crippen LogP contribution in [0, 0.1) is 5.82 Å². The molecule has 1 unspecified atom stereocenters. The van der Waals surface area contributed by atoms with E-state index in [1.165, 1.54) is 24.3 Å². The summed E-state index contributed by atoms with van der Waals surface area (Å²) in [6.45, 7) is 0.0531. The van der Waals surface area contributed by atoms with Crippen LogP contribution in [-0.4, -0.2) is 21.2 Å². The Labute approximate surface area is 176 Å². The number of carbonyl (C=O) groups is 1. The highest BCUT2D eigenvalue weighted by atomic mass is 35.6. The van der Waals surface area contributed by atoms with Gasteiger partial charge in [0.15, 0.2) is 11.3 Å². The topological polar surface area (TPSA) is 62.4 Å². The van der Waals surface area contributed by atoms with E-state index < -0.39 is 16.1 Å². The van der Waals surface area contributed by atoms with Crippen LogP contribution >= 0.6 is 47.0 Å². The fraction of sp³-hybridized carbons (Fsp3) is 0.176. The van der Waals surface area contributed by atoms with Crippen LogP contribution in [0.3, 0.4) is 0 Å². The maximum absolute atomic E-state index is 12.9. The van der Waals surface area contributed by atoms with Crippen LogP contribution in [0.15, 0.2) is 54.6 Å². The predicted octanol–water partition coefficient (Wildman–Crippen LogP) is 4.73. The first-order valence-corrected chi connectivity index (χ1v) is 9.15. The SMILES string of the molecule is O=C(NC(NC(=S)Nc1ccc(F)cc1)C(Cl)(Cl)Cl)OCc1ccccc1. The fourth-order valence-electron chi connectivity index (χ4n) is 1.91. The maximum atomic E-state index is 12.9. The number of hydrogen-bond donors (Lipinski definition) is 3. The molecule has 1 amide bonds. The van der Waals surface area contributed by atoms with Crippen molar-refractivity contribution < 1.29 is 13.9 Å². The second-order valence-electron chi connectivity index (χ2n) is 5.29. The Morgan fingerprint density at radius 2 is 1.70 bits per heavy atom. The van der Waals surface area contributed by atoms with Crippen molar-refractivity contribution in [2.24, 2.45) is 0 Å². The standard InChI is InChI=1S/C17H15Cl3FN3O2S/c18-17(19,20)14(23-15(27)22-13-8-6-12(21)7-9-13)24-16(25)26-10-11-4-2-1-3-5-11/h1-9,14H,10H2,(H,24,25)(H2,22,23,27). The van der Waals surface area contributed by atoms with E-state index >= 15 is 0 Å². The van der Waals surface area contributed by atoms with Crippen LogP contribution in [0.5, 0.6) is 0 Å². The van der Waals surface area contributed by atoms with Gasteiger partial charge in [-0.25, -0.2) is 9.18 Å². The number of halogens is 4. The van der Waals surface area contributed by atoms with Crippen molar-refractivity contribution in [2.45, 2.75) is 16.6 Å². The molecule has 10 heteroatoms. The van der Waals surface area contributed by atoms with Crippen LogP contribution < -0.4 is 16.0 Å². The van der Waals surface area contributed by atoms with Gasteiger partial charge in [0.05, 0.1) is 0 Å². The summed E-state index contributed by atoms with van der Waals surface area (Å²) in [5.41, 5.74) is 1.32. The molecule has 1 atom stereocenters. The van der Waals surface area contributed by atoms with Crippen molar-refractivity contribution in [1.82, 2.24) is 10.6 Å². The number of alkyl halides is 3. The Morgan fingerprint density at radius 1 is 1.07 bits per heavy atom. The summed E-state index contributed by atoms with van der Waals surface area (Å²) in [6.07, 6.45) is -1.97. The fourth-order valence-corrected chi connectivity index (χ4v) is 2.48. The average molecular weight is 451 g/mol. The number of alkyl carbamates (subject to hydrolysis) is 1. The summed E-state index contributed by atoms with van der Waals surface area (Å²) in [7, 11) is 0. The molecular weight excluding hydrogens is 436 g/mol. The number of rotatable bonds is 5. The first kappa shape index (κ1) is 21.5. The molecule has 0 aliphatic rings. The minimum atomic E-state index is -1.92. The molecule has 5 nitrogen and oxygen atoms in total. The normalized spacial score (nSPS) is 12.0. The lowest BCUT2D eigenvalue weighted by Gasteiger charge is -2.27. The molecule has 2 aromatic carbocycles. The van der Waals surface area contributed by atoms with Crippen LogP contribution in [0.4, 0.5) is 14.9 Å². The molecule has 0 saturated heterocycles. The number of benzene rings is 2. The van der Waals surface area contributed by atoms with Crippen LogP contribution in [0.2, 0.25) is 0 Å². The molecule has 0 aromatic heterocycles. The van der Waals surface area contributed by atoms with Gasteiger partial charge in [0.2, 0.25) is 3.79 Å². The lowest BCUT2D eigenvalue weighted by molar-refractivity contribution is 0.135. The third-order valence-electron chi connectivity index (χ3n) is 3.18. The molecule has 0 spiro atoms. The number of nitrogens with one attached hydrogen (secondary N) is 3. The van der Waals surface area contributed by atoms with Gasteiger partial charge in [0.1, 0.15) is 12.4 Å². The molecule has 0 saturated carbocycles. The monoisotopic (exact) mass is 449 g/mol. The van der Waals surface area contributed by atoms with Crippen molar-refractivity contribution in [1.29, 1.82) is 0 Å². The number of carbonyl (C=O) groups excluding carboxylic acids is 1. The van der Waals surface area contributed by atoms with E-state index in [1.54, 1.807) is 12.1 Å². The number of anilines is 1. The maximum Gasteiger partial charge on any atom is 0.409 e. The van der Waals surface area contributed by atoms with Gasteiger partial charge in [-0.3, -0.25) is 5.32 Å². The van der Waals surface area contributed by atoms with Crippen LogP contribution in [0.25, 0.3) is 0 Å². The van der Waals surface area contributed by atoms with Gasteiger partial charge < -0.3 is 15.4 Å². The van der Waals surface area contributed by atoms with E-state index in [1.807, 2.05) is 18.2 Å². The third kappa shape index (κ3) is 7.76. The van der Waals surface area contributed by atoms with Gasteiger partial charge >= 0.3 is 6.09 Å². The first-order chi connectivity index (χ1) is 12.7. The Hall–Kier alpha value is -1.80. The van der Waals surface area contributed by atoms with Crippen molar-refractivity contribution in [2.75, 3.05) is 5.32 Å². The summed E-state index contributed by atoms with van der Waals surface area (Å²) < 4.78 is 16.1. The van der Waals surface area contributed by atoms with Gasteiger partial charge in [-0.2, -0.15) is 0 Å². The Kier molecular flexibility index (Phi) is 7.91. The van der Waals surface area contributed by atoms with Crippen molar-refractivity contribution in [3.63, 3.8) is 0 Å². The zero-order valence-corrected chi connectivity index (χ0v) is 16.8. The predicted molar refractivity (Wildman–Crippen MR) is 110 cm³/mol. The Balaban J connectivity index is 1.91. The first-order valence-electron chi connectivity index (χ1n) is 7.61. The van der Waals surface area contributed by atoms with Crippen molar-refractivity contribution >= 4 is 63.9 Å². The summed E-state index contributed by atoms with van der Waals surface area (Å²) in [6, 6.07) is 14.6. The molecule has 0 aliphatic heterocycles. The second-order valence-corrected chi connectivity index (χ2v) is 8.06. The molecule has 0 aliphatic carbocycles. The quantitative estimate of drug-likeness (QED) is 0.349. The van der Waals surface area contributed by atoms with E-state index in [-0.39, 0.29) is 17.5 Å². The molecule has 0 radical (unpaired) electrons. The summed E-state index contributed by atoms with van der Waals surface area (Å²) >= 11 is 22.8. The van der Waals surface area contributed by atoms with E-state index in [0.717, 1.165) is 5.56 Å². The number of thiocarbonyl (C=S) groups is 1. The summed E-state index contributed by atoms with van der Waals surface area (Å²) in [5, 5.41) is 7.91. The molecule has 0 heterocycles. The number of ether oxygens (including phenoxy) is 1. The van der Waals surface area contributed by atoms with E-state index in [2.05, 4.69) is 16.0 Å². The zero-order chi connectivity index (χ0) is 19.9. The third-order valence-corrected chi connectivity index (χ3v) is 4.05. The zero-order valence-electron chi connectivity index (χ0n) is 13.7. The Morgan fingerprint density at radius 3 is 2.30 bits per heavy atom. The summed E-state index contributed by atoms with van der Waals surface area (Å²) in [4.78, 5) is 12.0. The molecule has 2 aromatic rings. The lowest BCUT2D eigenvalue weighted by atomic mass is 10.2. The van der Waals surface area contributed by atoms with Gasteiger partial charge in [-0.1, -0.05) is 65.1 Å². The largest absolute Gasteiger partial charge is 0.445 e. The highest BCUT2D eigenvalue weighted by molar-refractivity contribution is 7.80. The van der Waals surface area contributed by atoms with Crippen molar-refractivity contribution in [3.05, 3.63) is 66.0 Å². The molecule has 0 fully saturated rings. The molecule has 3 N–H and O–H groups in total. The van der Waals surface area contributed by atoms with Crippen LogP contribution in [-0.2, 0) is 11.3 Å². The number of amides is 1. The lowest BCUT2D eigenvalue weighted by Crippen LogP contribution is -2.56. The highest BCUT2D eigenvalue weighted by Gasteiger charge is 2.35. The van der Waals surface area contributed by atoms with Gasteiger partial charge in [-0.15, -0.1) is 0 Å². The Bertz CT molecular complexity index is 773. The molecule has 27 heavy (non-hydrogen) atoms. The minimum absolute atomic E-state index is 0.0531. The second kappa shape index (κ2) is 9.94. The van der Waals surface area contributed by atoms with E-state index in [0.29, 0.717) is 5.69 Å². The van der Waals surface area contributed by atoms with E-state index in [9.17, 15) is 9.18 Å². The molecule has 2 rings (SSSR count). The molecule has 144 valence electrons. The van der Waals surface area contributed by atoms with Crippen molar-refractivity contribution in [3.8, 4) is 0 Å².